The second-order valence-corrected chi connectivity index (χ2v) is 5.29. The largest absolute Gasteiger partial charge is 0.394 e. The predicted molar refractivity (Wildman–Crippen MR) is 67.4 cm³/mol. The lowest BCUT2D eigenvalue weighted by molar-refractivity contribution is -0.370. The van der Waals surface area contributed by atoms with Crippen molar-refractivity contribution in [2.24, 2.45) is 0 Å². The molecule has 0 radical (unpaired) electrons. The molecule has 22 heavy (non-hydrogen) atoms. The topological polar surface area (TPSA) is 158 Å². The Morgan fingerprint density at radius 2 is 1.82 bits per heavy atom. The Bertz CT molecular complexity index is 353. The van der Waals surface area contributed by atoms with Crippen molar-refractivity contribution in [3.63, 3.8) is 0 Å². The van der Waals surface area contributed by atoms with E-state index in [4.69, 9.17) is 24.1 Å². The molecule has 2 aliphatic rings. The summed E-state index contributed by atoms with van der Waals surface area (Å²) in [4.78, 5) is 0. The molecular formula is C12H22O10. The first-order valence-corrected chi connectivity index (χ1v) is 6.87. The van der Waals surface area contributed by atoms with Gasteiger partial charge in [-0.25, -0.2) is 0 Å². The Kier molecular flexibility index (Phi) is 6.07. The van der Waals surface area contributed by atoms with Gasteiger partial charge in [-0.05, 0) is 0 Å². The number of rotatable bonds is 5. The normalized spacial score (nSPS) is 43.2. The van der Waals surface area contributed by atoms with Crippen molar-refractivity contribution in [3.05, 3.63) is 0 Å². The van der Waals surface area contributed by atoms with E-state index >= 15 is 0 Å². The molecule has 130 valence electrons. The average Bonchev–Trinajstić information content (AvgIpc) is 2.55. The lowest BCUT2D eigenvalue weighted by Crippen LogP contribution is -2.65. The van der Waals surface area contributed by atoms with E-state index in [0.29, 0.717) is 0 Å². The fourth-order valence-corrected chi connectivity index (χ4v) is 2.46. The molecule has 9 atom stereocenters. The number of aliphatic hydroxyl groups excluding tert-OH is 6. The fraction of sp³-hybridized carbons (Fsp3) is 1.00. The smallest absolute Gasteiger partial charge is 0.186 e. The molecular weight excluding hydrogens is 304 g/mol. The summed E-state index contributed by atoms with van der Waals surface area (Å²) in [6.07, 6.45) is -11.8. The van der Waals surface area contributed by atoms with Gasteiger partial charge in [0.2, 0.25) is 0 Å². The monoisotopic (exact) mass is 326 g/mol. The number of methoxy groups -OCH3 is 1. The summed E-state index contributed by atoms with van der Waals surface area (Å²) in [6, 6.07) is 0. The number of aliphatic hydroxyl groups is 6. The van der Waals surface area contributed by atoms with Crippen LogP contribution in [0.3, 0.4) is 0 Å². The van der Waals surface area contributed by atoms with E-state index in [9.17, 15) is 25.5 Å². The Labute approximate surface area is 126 Å². The first-order valence-electron chi connectivity index (χ1n) is 6.87. The Morgan fingerprint density at radius 1 is 1.14 bits per heavy atom. The van der Waals surface area contributed by atoms with Gasteiger partial charge in [0.25, 0.3) is 0 Å². The molecule has 0 amide bonds. The Morgan fingerprint density at radius 3 is 2.41 bits per heavy atom. The van der Waals surface area contributed by atoms with E-state index in [1.807, 2.05) is 0 Å². The van der Waals surface area contributed by atoms with Gasteiger partial charge < -0.3 is 49.6 Å². The van der Waals surface area contributed by atoms with Crippen LogP contribution in [-0.2, 0) is 18.9 Å². The Balaban J connectivity index is 2.01. The zero-order chi connectivity index (χ0) is 16.4. The standard InChI is InChI=1S/C12H22O10/c1-19-11-9(18)7(16)10-5(21-11)3-20-12(22-10)8(17)6(15)4(14)2-13/h4-18H,2-3H2,1H3/t4-,5-,6-,7-,8+,9-,10+,11-,12+/m1/s1. The molecule has 0 unspecified atom stereocenters. The molecule has 0 bridgehead atoms. The summed E-state index contributed by atoms with van der Waals surface area (Å²) in [5.41, 5.74) is 0. The van der Waals surface area contributed by atoms with Gasteiger partial charge in [0.1, 0.15) is 42.7 Å². The van der Waals surface area contributed by atoms with Crippen LogP contribution in [0, 0.1) is 0 Å². The SMILES string of the molecule is CO[C@@H]1O[C@@H]2CO[C@H]([C@@H](O)[C@H](O)[C@H](O)CO)O[C@@H]2[C@H](O)[C@H]1O. The summed E-state index contributed by atoms with van der Waals surface area (Å²) >= 11 is 0. The van der Waals surface area contributed by atoms with E-state index in [2.05, 4.69) is 0 Å². The summed E-state index contributed by atoms with van der Waals surface area (Å²) < 4.78 is 20.8. The minimum absolute atomic E-state index is 0.0853. The minimum Gasteiger partial charge on any atom is -0.394 e. The molecule has 0 saturated carbocycles. The van der Waals surface area contributed by atoms with Crippen molar-refractivity contribution in [2.75, 3.05) is 20.3 Å². The lowest BCUT2D eigenvalue weighted by atomic mass is 9.97. The number of hydrogen-bond acceptors (Lipinski definition) is 10. The third-order valence-corrected chi connectivity index (χ3v) is 3.80. The number of fused-ring (bicyclic) bond motifs is 1. The molecule has 0 aliphatic carbocycles. The molecule has 0 spiro atoms. The maximum absolute atomic E-state index is 10.0. The highest BCUT2D eigenvalue weighted by molar-refractivity contribution is 4.93. The van der Waals surface area contributed by atoms with E-state index in [1.165, 1.54) is 7.11 Å². The quantitative estimate of drug-likeness (QED) is 0.293. The van der Waals surface area contributed by atoms with Crippen LogP contribution in [0.2, 0.25) is 0 Å². The Hall–Kier alpha value is -0.400. The molecule has 2 fully saturated rings. The van der Waals surface area contributed by atoms with Gasteiger partial charge in [0.15, 0.2) is 12.6 Å². The molecule has 6 N–H and O–H groups in total. The highest BCUT2D eigenvalue weighted by Crippen LogP contribution is 2.30. The van der Waals surface area contributed by atoms with Crippen LogP contribution in [0.25, 0.3) is 0 Å². The van der Waals surface area contributed by atoms with Crippen molar-refractivity contribution >= 4 is 0 Å². The zero-order valence-electron chi connectivity index (χ0n) is 11.9. The number of ether oxygens (including phenoxy) is 4. The molecule has 0 aromatic heterocycles. The molecule has 2 rings (SSSR count). The molecule has 10 heteroatoms. The van der Waals surface area contributed by atoms with E-state index in [-0.39, 0.29) is 6.61 Å². The van der Waals surface area contributed by atoms with Gasteiger partial charge in [0.05, 0.1) is 13.2 Å². The second-order valence-electron chi connectivity index (χ2n) is 5.29. The third-order valence-electron chi connectivity index (χ3n) is 3.80. The first-order chi connectivity index (χ1) is 10.4. The third kappa shape index (κ3) is 3.41. The van der Waals surface area contributed by atoms with Gasteiger partial charge in [-0.3, -0.25) is 0 Å². The highest BCUT2D eigenvalue weighted by Gasteiger charge is 2.50. The molecule has 0 aromatic rings. The van der Waals surface area contributed by atoms with Gasteiger partial charge in [0, 0.05) is 7.11 Å². The second kappa shape index (κ2) is 7.45. The van der Waals surface area contributed by atoms with Crippen LogP contribution in [-0.4, -0.2) is 106 Å². The average molecular weight is 326 g/mol. The molecule has 2 aliphatic heterocycles. The van der Waals surface area contributed by atoms with E-state index in [1.54, 1.807) is 0 Å². The van der Waals surface area contributed by atoms with Crippen LogP contribution in [0.5, 0.6) is 0 Å². The van der Waals surface area contributed by atoms with Gasteiger partial charge >= 0.3 is 0 Å². The van der Waals surface area contributed by atoms with Gasteiger partial charge in [-0.1, -0.05) is 0 Å². The molecule has 2 heterocycles. The summed E-state index contributed by atoms with van der Waals surface area (Å²) in [6.45, 7) is -0.838. The lowest BCUT2D eigenvalue weighted by Gasteiger charge is -2.47. The van der Waals surface area contributed by atoms with Crippen LogP contribution in [0.1, 0.15) is 0 Å². The minimum atomic E-state index is -1.70. The summed E-state index contributed by atoms with van der Waals surface area (Å²) in [5.74, 6) is 0. The van der Waals surface area contributed by atoms with Crippen LogP contribution >= 0.6 is 0 Å². The molecule has 0 aromatic carbocycles. The molecule has 2 saturated heterocycles. The zero-order valence-corrected chi connectivity index (χ0v) is 11.9. The van der Waals surface area contributed by atoms with Crippen molar-refractivity contribution in [1.82, 2.24) is 0 Å². The number of hydrogen-bond donors (Lipinski definition) is 6. The molecule has 10 nitrogen and oxygen atoms in total. The fourth-order valence-electron chi connectivity index (χ4n) is 2.46. The van der Waals surface area contributed by atoms with Crippen molar-refractivity contribution in [3.8, 4) is 0 Å². The maximum atomic E-state index is 10.0. The van der Waals surface area contributed by atoms with Gasteiger partial charge in [-0.15, -0.1) is 0 Å². The van der Waals surface area contributed by atoms with Crippen molar-refractivity contribution in [2.45, 2.75) is 55.3 Å². The van der Waals surface area contributed by atoms with Crippen molar-refractivity contribution in [1.29, 1.82) is 0 Å². The van der Waals surface area contributed by atoms with E-state index in [0.717, 1.165) is 0 Å². The van der Waals surface area contributed by atoms with Crippen LogP contribution in [0.4, 0.5) is 0 Å². The summed E-state index contributed by atoms with van der Waals surface area (Å²) in [7, 11) is 1.31. The van der Waals surface area contributed by atoms with Crippen LogP contribution < -0.4 is 0 Å². The summed E-state index contributed by atoms with van der Waals surface area (Å²) in [5, 5.41) is 57.5. The van der Waals surface area contributed by atoms with E-state index < -0.39 is 61.9 Å². The van der Waals surface area contributed by atoms with Gasteiger partial charge in [-0.2, -0.15) is 0 Å². The van der Waals surface area contributed by atoms with Crippen LogP contribution in [0.15, 0.2) is 0 Å². The first kappa shape index (κ1) is 17.9. The maximum Gasteiger partial charge on any atom is 0.186 e. The van der Waals surface area contributed by atoms with Crippen molar-refractivity contribution < 1.29 is 49.6 Å². The predicted octanol–water partition coefficient (Wildman–Crippen LogP) is -4.10. The highest BCUT2D eigenvalue weighted by atomic mass is 16.8.